The van der Waals surface area contributed by atoms with Crippen molar-refractivity contribution in [2.45, 2.75) is 26.2 Å². The molecule has 5 rings (SSSR count). The number of hydrogen-bond acceptors (Lipinski definition) is 10. The van der Waals surface area contributed by atoms with Crippen LogP contribution >= 0.6 is 0 Å². The molecule has 1 aliphatic heterocycles. The molecule has 2 aromatic carbocycles. The third kappa shape index (κ3) is 6.62. The number of piperazine rings is 1. The fraction of sp³-hybridized carbons (Fsp3) is 0.267. The van der Waals surface area contributed by atoms with E-state index in [0.717, 1.165) is 4.57 Å². The number of halogens is 3. The van der Waals surface area contributed by atoms with Gasteiger partial charge in [-0.15, -0.1) is 5.92 Å². The van der Waals surface area contributed by atoms with Crippen molar-refractivity contribution < 1.29 is 32.3 Å². The highest BCUT2D eigenvalue weighted by atomic mass is 19.4. The van der Waals surface area contributed by atoms with E-state index in [1.807, 2.05) is 4.90 Å². The molecule has 0 spiro atoms. The fourth-order valence-corrected chi connectivity index (χ4v) is 4.70. The molecule has 1 saturated heterocycles. The number of para-hydroxylation sites is 1. The summed E-state index contributed by atoms with van der Waals surface area (Å²) in [5.74, 6) is 2.18. The quantitative estimate of drug-likeness (QED) is 0.229. The van der Waals surface area contributed by atoms with Crippen molar-refractivity contribution in [3.63, 3.8) is 0 Å². The summed E-state index contributed by atoms with van der Waals surface area (Å²) in [4.78, 5) is 53.2. The maximum absolute atomic E-state index is 14.3. The molecule has 4 aromatic rings. The molecule has 3 heterocycles. The summed E-state index contributed by atoms with van der Waals surface area (Å²) >= 11 is 0. The zero-order valence-corrected chi connectivity index (χ0v) is 24.2. The van der Waals surface area contributed by atoms with Crippen LogP contribution < -0.4 is 26.0 Å². The van der Waals surface area contributed by atoms with E-state index in [9.17, 15) is 32.8 Å². The van der Waals surface area contributed by atoms with E-state index in [1.54, 1.807) is 35.8 Å². The van der Waals surface area contributed by atoms with Crippen LogP contribution in [0.4, 0.5) is 19.1 Å². The molecular weight excluding hydrogens is 609 g/mol. The van der Waals surface area contributed by atoms with Gasteiger partial charge in [0.2, 0.25) is 5.95 Å². The van der Waals surface area contributed by atoms with Crippen LogP contribution in [-0.4, -0.2) is 63.3 Å². The van der Waals surface area contributed by atoms with Gasteiger partial charge in [0.15, 0.2) is 11.2 Å². The number of alkyl halides is 3. The second-order valence-corrected chi connectivity index (χ2v) is 9.81. The number of rotatable bonds is 7. The molecule has 236 valence electrons. The molecule has 0 radical (unpaired) electrons. The summed E-state index contributed by atoms with van der Waals surface area (Å²) in [7, 11) is 0. The first-order valence-electron chi connectivity index (χ1n) is 13.8. The Morgan fingerprint density at radius 2 is 1.78 bits per heavy atom. The first kappa shape index (κ1) is 31.6. The smallest absolute Gasteiger partial charge is 0.425 e. The Hall–Kier alpha value is -5.87. The van der Waals surface area contributed by atoms with Crippen LogP contribution in [0.25, 0.3) is 11.2 Å². The Bertz CT molecular complexity index is 1960. The molecule has 1 aliphatic rings. The highest BCUT2D eigenvalue weighted by molar-refractivity contribution is 5.97. The van der Waals surface area contributed by atoms with Crippen molar-refractivity contribution in [2.24, 2.45) is 0 Å². The highest BCUT2D eigenvalue weighted by Gasteiger charge is 2.42. The minimum Gasteiger partial charge on any atom is -0.425 e. The van der Waals surface area contributed by atoms with Crippen LogP contribution in [0.3, 0.4) is 0 Å². The fourth-order valence-electron chi connectivity index (χ4n) is 4.70. The number of nitrogens with one attached hydrogen (secondary N) is 2. The number of anilines is 1. The second kappa shape index (κ2) is 13.4. The van der Waals surface area contributed by atoms with Crippen molar-refractivity contribution in [1.29, 1.82) is 5.26 Å². The number of aromatic nitrogens is 4. The molecule has 0 unspecified atom stereocenters. The Balaban J connectivity index is 1.64. The minimum absolute atomic E-state index is 0.0253. The van der Waals surface area contributed by atoms with Crippen molar-refractivity contribution >= 4 is 29.0 Å². The molecule has 1 fully saturated rings. The van der Waals surface area contributed by atoms with E-state index in [2.05, 4.69) is 38.0 Å². The van der Waals surface area contributed by atoms with Gasteiger partial charge in [-0.05, 0) is 30.7 Å². The molecule has 2 N–H and O–H groups in total. The molecule has 0 aliphatic carbocycles. The summed E-state index contributed by atoms with van der Waals surface area (Å²) in [6, 6.07) is 13.8. The lowest BCUT2D eigenvalue weighted by atomic mass is 10.1. The van der Waals surface area contributed by atoms with Crippen molar-refractivity contribution in [3.8, 4) is 29.7 Å². The van der Waals surface area contributed by atoms with Gasteiger partial charge in [-0.2, -0.15) is 33.9 Å². The number of carbonyl (C=O) groups is 2. The van der Waals surface area contributed by atoms with E-state index in [0.29, 0.717) is 43.3 Å². The molecule has 0 bridgehead atoms. The third-order valence-corrected chi connectivity index (χ3v) is 6.89. The zero-order valence-electron chi connectivity index (χ0n) is 24.2. The molecule has 13 nitrogen and oxygen atoms in total. The largest absolute Gasteiger partial charge is 0.493 e. The van der Waals surface area contributed by atoms with E-state index in [4.69, 9.17) is 4.74 Å². The van der Waals surface area contributed by atoms with Gasteiger partial charge in [0.05, 0.1) is 30.3 Å². The van der Waals surface area contributed by atoms with Gasteiger partial charge in [0.1, 0.15) is 5.75 Å². The van der Waals surface area contributed by atoms with Crippen LogP contribution in [0.1, 0.15) is 28.4 Å². The van der Waals surface area contributed by atoms with Crippen LogP contribution in [0.15, 0.2) is 53.3 Å². The number of hydroxylamine groups is 1. The number of benzene rings is 2. The highest BCUT2D eigenvalue weighted by Crippen LogP contribution is 2.28. The lowest BCUT2D eigenvalue weighted by Gasteiger charge is -2.28. The van der Waals surface area contributed by atoms with Gasteiger partial charge in [-0.25, -0.2) is 4.79 Å². The lowest BCUT2D eigenvalue weighted by Crippen LogP contribution is -2.44. The lowest BCUT2D eigenvalue weighted by molar-refractivity contribution is -0.204. The number of hydrogen-bond donors (Lipinski definition) is 2. The topological polar surface area (TPSA) is 156 Å². The number of carbonyl (C=O) groups excluding carboxylic acids is 2. The minimum atomic E-state index is -5.34. The second-order valence-electron chi connectivity index (χ2n) is 9.81. The number of nitrogens with zero attached hydrogens (tertiary/aromatic N) is 6. The Morgan fingerprint density at radius 3 is 2.50 bits per heavy atom. The number of imidazole rings is 1. The SMILES string of the molecule is CC#CCn1c(N2CCNCC2)nc2nc(Oc3ccccc3C(=O)NOC(=O)C(F)(F)F)n(Cc3ccccc3C#N)c(=O)c21. The predicted octanol–water partition coefficient (Wildman–Crippen LogP) is 2.49. The summed E-state index contributed by atoms with van der Waals surface area (Å²) < 4.78 is 46.6. The number of amides is 1. The maximum Gasteiger partial charge on any atom is 0.493 e. The Labute approximate surface area is 259 Å². The number of ether oxygens (including phenoxy) is 1. The summed E-state index contributed by atoms with van der Waals surface area (Å²) in [6.45, 7) is 4.23. The zero-order chi connectivity index (χ0) is 32.8. The molecule has 0 atom stereocenters. The van der Waals surface area contributed by atoms with E-state index >= 15 is 0 Å². The van der Waals surface area contributed by atoms with E-state index in [-0.39, 0.29) is 41.6 Å². The predicted molar refractivity (Wildman–Crippen MR) is 157 cm³/mol. The molecule has 1 amide bonds. The average Bonchev–Trinajstić information content (AvgIpc) is 3.42. The van der Waals surface area contributed by atoms with Crippen LogP contribution in [0.5, 0.6) is 11.8 Å². The van der Waals surface area contributed by atoms with Gasteiger partial charge < -0.3 is 19.8 Å². The first-order valence-corrected chi connectivity index (χ1v) is 13.8. The van der Waals surface area contributed by atoms with Crippen molar-refractivity contribution in [1.82, 2.24) is 29.9 Å². The van der Waals surface area contributed by atoms with Gasteiger partial charge in [-0.3, -0.25) is 18.7 Å². The van der Waals surface area contributed by atoms with Crippen LogP contribution in [0.2, 0.25) is 0 Å². The third-order valence-electron chi connectivity index (χ3n) is 6.89. The van der Waals surface area contributed by atoms with Crippen molar-refractivity contribution in [3.05, 3.63) is 75.6 Å². The number of nitriles is 1. The van der Waals surface area contributed by atoms with Gasteiger partial charge in [0.25, 0.3) is 11.5 Å². The molecule has 0 saturated carbocycles. The maximum atomic E-state index is 14.3. The van der Waals surface area contributed by atoms with Crippen molar-refractivity contribution in [2.75, 3.05) is 31.1 Å². The van der Waals surface area contributed by atoms with Crippen LogP contribution in [0, 0.1) is 23.2 Å². The molecular formula is C30H25F3N8O5. The van der Waals surface area contributed by atoms with Gasteiger partial charge in [-0.1, -0.05) is 36.3 Å². The van der Waals surface area contributed by atoms with E-state index < -0.39 is 23.6 Å². The van der Waals surface area contributed by atoms with Gasteiger partial charge in [0, 0.05) is 26.2 Å². The van der Waals surface area contributed by atoms with Gasteiger partial charge >= 0.3 is 18.2 Å². The summed E-state index contributed by atoms with van der Waals surface area (Å²) in [5.41, 5.74) is 1.45. The first-order chi connectivity index (χ1) is 22.1. The Morgan fingerprint density at radius 1 is 1.07 bits per heavy atom. The summed E-state index contributed by atoms with van der Waals surface area (Å²) in [5, 5.41) is 13.0. The van der Waals surface area contributed by atoms with E-state index in [1.165, 1.54) is 29.7 Å². The standard InChI is InChI=1S/C30H25F3N8O5/c1-2-3-14-40-23-24(36-28(40)39-15-12-35-13-16-39)37-29(41(26(23)43)18-20-9-5-4-8-19(20)17-34)45-22-11-7-6-10-21(22)25(42)38-46-27(44)30(31,32)33/h4-11,35H,12-16,18H2,1H3,(H,38,42). The summed E-state index contributed by atoms with van der Waals surface area (Å²) in [6.07, 6.45) is -5.34. The average molecular weight is 635 g/mol. The number of fused-ring (bicyclic) bond motifs is 1. The molecule has 46 heavy (non-hydrogen) atoms. The normalized spacial score (nSPS) is 13.0. The van der Waals surface area contributed by atoms with Crippen LogP contribution in [-0.2, 0) is 22.7 Å². The molecule has 2 aromatic heterocycles. The Kier molecular flexibility index (Phi) is 9.20. The molecule has 16 heteroatoms. The monoisotopic (exact) mass is 634 g/mol.